The molecule has 0 spiro atoms. The number of carbonyl (C=O) groups is 2. The van der Waals surface area contributed by atoms with E-state index in [4.69, 9.17) is 46.4 Å². The van der Waals surface area contributed by atoms with Gasteiger partial charge in [0.1, 0.15) is 12.6 Å². The molecule has 41 heavy (non-hydrogen) atoms. The lowest BCUT2D eigenvalue weighted by Gasteiger charge is -2.32. The molecule has 4 rings (SSSR count). The quantitative estimate of drug-likeness (QED) is 0.255. The van der Waals surface area contributed by atoms with Crippen LogP contribution in [0.2, 0.25) is 20.1 Å². The standard InChI is InChI=1S/C29H29Cl4N3O4S/c1-19(29(38)34-22-7-5-6-8-22)35(17-20-11-13-24(31)25(32)15-20)28(37)18-36(27-14-12-21(30)16-26(27)33)41(39,40)23-9-3-2-4-10-23/h2-4,9-16,19,22H,5-8,17-18H2,1H3,(H,34,38). The van der Waals surface area contributed by atoms with Crippen molar-refractivity contribution in [3.63, 3.8) is 0 Å². The van der Waals surface area contributed by atoms with Gasteiger partial charge in [-0.25, -0.2) is 8.42 Å². The Balaban J connectivity index is 1.71. The Labute approximate surface area is 260 Å². The van der Waals surface area contributed by atoms with Crippen LogP contribution in [0.3, 0.4) is 0 Å². The molecular weight excluding hydrogens is 628 g/mol. The van der Waals surface area contributed by atoms with Crippen LogP contribution in [-0.4, -0.2) is 43.8 Å². The largest absolute Gasteiger partial charge is 0.352 e. The Morgan fingerprint density at radius 1 is 0.902 bits per heavy atom. The number of amides is 2. The summed E-state index contributed by atoms with van der Waals surface area (Å²) in [5.74, 6) is -0.942. The van der Waals surface area contributed by atoms with Crippen LogP contribution in [-0.2, 0) is 26.2 Å². The number of rotatable bonds is 10. The van der Waals surface area contributed by atoms with Gasteiger partial charge >= 0.3 is 0 Å². The van der Waals surface area contributed by atoms with E-state index in [1.54, 1.807) is 43.3 Å². The van der Waals surface area contributed by atoms with Crippen molar-refractivity contribution >= 4 is 73.9 Å². The molecule has 0 saturated heterocycles. The van der Waals surface area contributed by atoms with Crippen LogP contribution in [0.4, 0.5) is 5.69 Å². The molecule has 1 unspecified atom stereocenters. The minimum absolute atomic E-state index is 0.0114. The van der Waals surface area contributed by atoms with Crippen molar-refractivity contribution < 1.29 is 18.0 Å². The van der Waals surface area contributed by atoms with Crippen molar-refractivity contribution in [1.29, 1.82) is 0 Å². The van der Waals surface area contributed by atoms with E-state index >= 15 is 0 Å². The predicted molar refractivity (Wildman–Crippen MR) is 164 cm³/mol. The number of carbonyl (C=O) groups excluding carboxylic acids is 2. The number of benzene rings is 3. The molecule has 12 heteroatoms. The van der Waals surface area contributed by atoms with Gasteiger partial charge in [0.15, 0.2) is 0 Å². The molecule has 1 atom stereocenters. The maximum absolute atomic E-state index is 14.0. The smallest absolute Gasteiger partial charge is 0.264 e. The van der Waals surface area contributed by atoms with Crippen LogP contribution in [0.15, 0.2) is 71.6 Å². The highest BCUT2D eigenvalue weighted by Gasteiger charge is 2.34. The van der Waals surface area contributed by atoms with Gasteiger partial charge in [0.25, 0.3) is 10.0 Å². The molecular formula is C29H29Cl4N3O4S. The van der Waals surface area contributed by atoms with Crippen LogP contribution < -0.4 is 9.62 Å². The van der Waals surface area contributed by atoms with Gasteiger partial charge in [-0.05, 0) is 67.8 Å². The van der Waals surface area contributed by atoms with Gasteiger partial charge in [-0.2, -0.15) is 0 Å². The molecule has 0 heterocycles. The summed E-state index contributed by atoms with van der Waals surface area (Å²) >= 11 is 24.8. The molecule has 1 fully saturated rings. The first-order valence-corrected chi connectivity index (χ1v) is 16.0. The monoisotopic (exact) mass is 655 g/mol. The lowest BCUT2D eigenvalue weighted by molar-refractivity contribution is -0.139. The van der Waals surface area contributed by atoms with Crippen LogP contribution in [0, 0.1) is 0 Å². The average molecular weight is 657 g/mol. The number of sulfonamides is 1. The number of hydrogen-bond acceptors (Lipinski definition) is 4. The van der Waals surface area contributed by atoms with E-state index in [0.29, 0.717) is 20.6 Å². The Morgan fingerprint density at radius 2 is 1.59 bits per heavy atom. The number of nitrogens with one attached hydrogen (secondary N) is 1. The van der Waals surface area contributed by atoms with Crippen LogP contribution in [0.25, 0.3) is 0 Å². The summed E-state index contributed by atoms with van der Waals surface area (Å²) in [7, 11) is -4.25. The van der Waals surface area contributed by atoms with Crippen molar-refractivity contribution in [3.8, 4) is 0 Å². The van der Waals surface area contributed by atoms with Crippen molar-refractivity contribution in [3.05, 3.63) is 92.4 Å². The molecule has 0 radical (unpaired) electrons. The number of anilines is 1. The molecule has 2 amide bonds. The first kappa shape index (κ1) is 31.4. The van der Waals surface area contributed by atoms with E-state index in [2.05, 4.69) is 5.32 Å². The summed E-state index contributed by atoms with van der Waals surface area (Å²) < 4.78 is 28.6. The molecule has 218 valence electrons. The Hall–Kier alpha value is -2.49. The maximum Gasteiger partial charge on any atom is 0.264 e. The second kappa shape index (κ2) is 13.7. The van der Waals surface area contributed by atoms with Crippen molar-refractivity contribution in [2.24, 2.45) is 0 Å². The van der Waals surface area contributed by atoms with Crippen molar-refractivity contribution in [2.75, 3.05) is 10.8 Å². The maximum atomic E-state index is 14.0. The highest BCUT2D eigenvalue weighted by molar-refractivity contribution is 7.92. The molecule has 0 aliphatic heterocycles. The predicted octanol–water partition coefficient (Wildman–Crippen LogP) is 6.97. The highest BCUT2D eigenvalue weighted by Crippen LogP contribution is 2.33. The van der Waals surface area contributed by atoms with Gasteiger partial charge in [-0.1, -0.05) is 83.5 Å². The molecule has 1 aliphatic carbocycles. The second-order valence-electron chi connectivity index (χ2n) is 9.86. The third-order valence-corrected chi connectivity index (χ3v) is 10.0. The van der Waals surface area contributed by atoms with E-state index in [-0.39, 0.29) is 34.1 Å². The molecule has 3 aromatic rings. The second-order valence-corrected chi connectivity index (χ2v) is 13.4. The van der Waals surface area contributed by atoms with Crippen molar-refractivity contribution in [1.82, 2.24) is 10.2 Å². The molecule has 0 aromatic heterocycles. The first-order chi connectivity index (χ1) is 19.5. The van der Waals surface area contributed by atoms with E-state index in [1.807, 2.05) is 0 Å². The minimum Gasteiger partial charge on any atom is -0.352 e. The molecule has 1 saturated carbocycles. The zero-order valence-electron chi connectivity index (χ0n) is 22.2. The number of halogens is 4. The zero-order valence-corrected chi connectivity index (χ0v) is 26.0. The number of nitrogens with zero attached hydrogens (tertiary/aromatic N) is 2. The normalized spacial score (nSPS) is 14.5. The van der Waals surface area contributed by atoms with Gasteiger partial charge in [-0.3, -0.25) is 13.9 Å². The third kappa shape index (κ3) is 7.67. The minimum atomic E-state index is -4.25. The third-order valence-electron chi connectivity index (χ3n) is 6.99. The summed E-state index contributed by atoms with van der Waals surface area (Å²) in [6.45, 7) is 0.981. The fourth-order valence-corrected chi connectivity index (χ4v) is 7.06. The van der Waals surface area contributed by atoms with E-state index in [0.717, 1.165) is 30.0 Å². The summed E-state index contributed by atoms with van der Waals surface area (Å²) in [6.07, 6.45) is 3.80. The van der Waals surface area contributed by atoms with E-state index in [9.17, 15) is 18.0 Å². The van der Waals surface area contributed by atoms with Crippen LogP contribution in [0.1, 0.15) is 38.2 Å². The fourth-order valence-electron chi connectivity index (χ4n) is 4.73. The summed E-state index contributed by atoms with van der Waals surface area (Å²) in [5.41, 5.74) is 0.695. The van der Waals surface area contributed by atoms with Gasteiger partial charge in [0.2, 0.25) is 11.8 Å². The molecule has 7 nitrogen and oxygen atoms in total. The lowest BCUT2D eigenvalue weighted by Crippen LogP contribution is -2.52. The van der Waals surface area contributed by atoms with Crippen molar-refractivity contribution in [2.45, 2.75) is 56.1 Å². The summed E-state index contributed by atoms with van der Waals surface area (Å²) in [5, 5.41) is 4.02. The Bertz CT molecular complexity index is 1520. The van der Waals surface area contributed by atoms with E-state index in [1.165, 1.54) is 35.2 Å². The highest BCUT2D eigenvalue weighted by atomic mass is 35.5. The number of hydrogen-bond donors (Lipinski definition) is 1. The van der Waals surface area contributed by atoms with Crippen LogP contribution >= 0.6 is 46.4 Å². The molecule has 0 bridgehead atoms. The van der Waals surface area contributed by atoms with Gasteiger partial charge in [0, 0.05) is 17.6 Å². The Kier molecular flexibility index (Phi) is 10.5. The SMILES string of the molecule is CC(C(=O)NC1CCCC1)N(Cc1ccc(Cl)c(Cl)c1)C(=O)CN(c1ccc(Cl)cc1Cl)S(=O)(=O)c1ccccc1. The van der Waals surface area contributed by atoms with Gasteiger partial charge < -0.3 is 10.2 Å². The zero-order chi connectivity index (χ0) is 29.7. The average Bonchev–Trinajstić information content (AvgIpc) is 3.45. The van der Waals surface area contributed by atoms with Crippen LogP contribution in [0.5, 0.6) is 0 Å². The summed E-state index contributed by atoms with van der Waals surface area (Å²) in [4.78, 5) is 28.6. The van der Waals surface area contributed by atoms with Gasteiger partial charge in [-0.15, -0.1) is 0 Å². The molecule has 1 aliphatic rings. The van der Waals surface area contributed by atoms with E-state index < -0.39 is 28.5 Å². The Morgan fingerprint density at radius 3 is 2.22 bits per heavy atom. The topological polar surface area (TPSA) is 86.8 Å². The summed E-state index contributed by atoms with van der Waals surface area (Å²) in [6, 6.07) is 16.1. The molecule has 3 aromatic carbocycles. The fraction of sp³-hybridized carbons (Fsp3) is 0.310. The lowest BCUT2D eigenvalue weighted by atomic mass is 10.1. The first-order valence-electron chi connectivity index (χ1n) is 13.0. The van der Waals surface area contributed by atoms with Gasteiger partial charge in [0.05, 0.1) is 25.7 Å². The molecule has 1 N–H and O–H groups in total.